The second kappa shape index (κ2) is 5.65. The van der Waals surface area contributed by atoms with Gasteiger partial charge in [0.25, 0.3) is 5.91 Å². The molecular weight excluding hydrogens is 224 g/mol. The van der Waals surface area contributed by atoms with Crippen LogP contribution in [-0.4, -0.2) is 28.9 Å². The van der Waals surface area contributed by atoms with E-state index >= 15 is 0 Å². The zero-order chi connectivity index (χ0) is 12.1. The van der Waals surface area contributed by atoms with E-state index in [1.807, 2.05) is 19.9 Å². The van der Waals surface area contributed by atoms with Crippen molar-refractivity contribution in [1.29, 1.82) is 0 Å². The van der Waals surface area contributed by atoms with Crippen molar-refractivity contribution in [3.63, 3.8) is 0 Å². The molecule has 0 aliphatic carbocycles. The van der Waals surface area contributed by atoms with Crippen LogP contribution in [0.15, 0.2) is 16.5 Å². The summed E-state index contributed by atoms with van der Waals surface area (Å²) in [7, 11) is 0. The summed E-state index contributed by atoms with van der Waals surface area (Å²) in [6.45, 7) is 4.69. The van der Waals surface area contributed by atoms with E-state index in [1.54, 1.807) is 11.0 Å². The van der Waals surface area contributed by atoms with Crippen LogP contribution >= 0.6 is 12.2 Å². The number of rotatable bonds is 5. The first-order chi connectivity index (χ1) is 7.58. The Morgan fingerprint density at radius 3 is 2.62 bits per heavy atom. The summed E-state index contributed by atoms with van der Waals surface area (Å²) >= 11 is 4.79. The van der Waals surface area contributed by atoms with Gasteiger partial charge in [0.1, 0.15) is 5.76 Å². The van der Waals surface area contributed by atoms with Gasteiger partial charge in [0.05, 0.1) is 11.5 Å². The number of nitrogens with zero attached hydrogens (tertiary/aromatic N) is 1. The lowest BCUT2D eigenvalue weighted by Gasteiger charge is -2.18. The van der Waals surface area contributed by atoms with E-state index in [9.17, 15) is 4.79 Å². The average molecular weight is 240 g/mol. The molecule has 0 aromatic carbocycles. The predicted octanol–water partition coefficient (Wildman–Crippen LogP) is 1.59. The van der Waals surface area contributed by atoms with Gasteiger partial charge in [-0.3, -0.25) is 4.79 Å². The fourth-order valence-electron chi connectivity index (χ4n) is 1.35. The van der Waals surface area contributed by atoms with Gasteiger partial charge in [-0.25, -0.2) is 0 Å². The van der Waals surface area contributed by atoms with Gasteiger partial charge in [0.2, 0.25) is 0 Å². The molecule has 0 saturated heterocycles. The van der Waals surface area contributed by atoms with Gasteiger partial charge in [-0.05, 0) is 19.1 Å². The van der Waals surface area contributed by atoms with Gasteiger partial charge in [-0.15, -0.1) is 0 Å². The highest BCUT2D eigenvalue weighted by molar-refractivity contribution is 7.80. The third-order valence-electron chi connectivity index (χ3n) is 2.24. The lowest BCUT2D eigenvalue weighted by atomic mass is 10.3. The molecule has 0 fully saturated rings. The molecule has 0 aliphatic heterocycles. The van der Waals surface area contributed by atoms with Crippen molar-refractivity contribution >= 4 is 23.1 Å². The lowest BCUT2D eigenvalue weighted by molar-refractivity contribution is 0.0754. The zero-order valence-corrected chi connectivity index (χ0v) is 10.3. The first-order valence-corrected chi connectivity index (χ1v) is 5.65. The molecule has 88 valence electrons. The molecule has 4 nitrogen and oxygen atoms in total. The number of amides is 1. The summed E-state index contributed by atoms with van der Waals surface area (Å²) in [5.74, 6) is 0.972. The first kappa shape index (κ1) is 12.7. The average Bonchev–Trinajstić information content (AvgIpc) is 2.73. The maximum atomic E-state index is 12.0. The molecule has 0 aliphatic rings. The summed E-state index contributed by atoms with van der Waals surface area (Å²) < 4.78 is 5.38. The summed E-state index contributed by atoms with van der Waals surface area (Å²) in [6.07, 6.45) is 0.773. The van der Waals surface area contributed by atoms with Crippen molar-refractivity contribution < 1.29 is 9.21 Å². The first-order valence-electron chi connectivity index (χ1n) is 5.24. The van der Waals surface area contributed by atoms with Crippen LogP contribution in [0.3, 0.4) is 0 Å². The lowest BCUT2D eigenvalue weighted by Crippen LogP contribution is -2.37. The highest BCUT2D eigenvalue weighted by atomic mass is 32.1. The van der Waals surface area contributed by atoms with Crippen molar-refractivity contribution in [2.45, 2.75) is 20.3 Å². The quantitative estimate of drug-likeness (QED) is 0.794. The van der Waals surface area contributed by atoms with E-state index in [2.05, 4.69) is 0 Å². The summed E-state index contributed by atoms with van der Waals surface area (Å²) in [5, 5.41) is 0. The summed E-state index contributed by atoms with van der Waals surface area (Å²) in [4.78, 5) is 13.8. The molecule has 1 heterocycles. The smallest absolute Gasteiger partial charge is 0.289 e. The van der Waals surface area contributed by atoms with E-state index in [0.29, 0.717) is 17.3 Å². The van der Waals surface area contributed by atoms with Crippen LogP contribution in [0.25, 0.3) is 0 Å². The largest absolute Gasteiger partial charge is 0.456 e. The Labute approximate surface area is 100 Å². The monoisotopic (exact) mass is 240 g/mol. The normalized spacial score (nSPS) is 10.1. The highest BCUT2D eigenvalue weighted by Gasteiger charge is 2.18. The predicted molar refractivity (Wildman–Crippen MR) is 66.4 cm³/mol. The number of aryl methyl sites for hydroxylation is 1. The molecule has 0 saturated carbocycles. The molecule has 0 unspecified atom stereocenters. The van der Waals surface area contributed by atoms with Gasteiger partial charge in [-0.1, -0.05) is 19.1 Å². The SMILES string of the molecule is CCc1ccc(C(=O)N(CC)CC(N)=S)o1. The van der Waals surface area contributed by atoms with E-state index in [4.69, 9.17) is 22.4 Å². The van der Waals surface area contributed by atoms with Crippen LogP contribution in [0, 0.1) is 0 Å². The maximum absolute atomic E-state index is 12.0. The van der Waals surface area contributed by atoms with Crippen molar-refractivity contribution in [3.05, 3.63) is 23.7 Å². The van der Waals surface area contributed by atoms with Gasteiger partial charge in [-0.2, -0.15) is 0 Å². The molecule has 1 aromatic heterocycles. The molecule has 5 heteroatoms. The number of hydrogen-bond donors (Lipinski definition) is 1. The van der Waals surface area contributed by atoms with Crippen molar-refractivity contribution in [2.24, 2.45) is 5.73 Å². The van der Waals surface area contributed by atoms with E-state index in [0.717, 1.165) is 12.2 Å². The molecule has 0 atom stereocenters. The van der Waals surface area contributed by atoms with Crippen LogP contribution < -0.4 is 5.73 Å². The van der Waals surface area contributed by atoms with E-state index < -0.39 is 0 Å². The third kappa shape index (κ3) is 3.06. The Morgan fingerprint density at radius 1 is 1.50 bits per heavy atom. The van der Waals surface area contributed by atoms with Crippen LogP contribution in [0.2, 0.25) is 0 Å². The van der Waals surface area contributed by atoms with Gasteiger partial charge in [0, 0.05) is 13.0 Å². The molecule has 1 aromatic rings. The molecule has 0 spiro atoms. The number of furan rings is 1. The van der Waals surface area contributed by atoms with Crippen LogP contribution in [0.4, 0.5) is 0 Å². The standard InChI is InChI=1S/C11H16N2O2S/c1-3-8-5-6-9(15-8)11(14)13(4-2)7-10(12)16/h5-6H,3-4,7H2,1-2H3,(H2,12,16). The molecule has 1 rings (SSSR count). The van der Waals surface area contributed by atoms with Gasteiger partial charge >= 0.3 is 0 Å². The number of likely N-dealkylation sites (N-methyl/N-ethyl adjacent to an activating group) is 1. The molecule has 0 bridgehead atoms. The number of thiocarbonyl (C=S) groups is 1. The van der Waals surface area contributed by atoms with Crippen LogP contribution in [0.1, 0.15) is 30.2 Å². The Kier molecular flexibility index (Phi) is 4.49. The van der Waals surface area contributed by atoms with E-state index in [1.165, 1.54) is 0 Å². The number of nitrogens with two attached hydrogens (primary N) is 1. The molecule has 1 amide bonds. The molecule has 16 heavy (non-hydrogen) atoms. The Morgan fingerprint density at radius 2 is 2.19 bits per heavy atom. The van der Waals surface area contributed by atoms with Gasteiger partial charge in [0.15, 0.2) is 5.76 Å². The van der Waals surface area contributed by atoms with Crippen molar-refractivity contribution in [1.82, 2.24) is 4.90 Å². The van der Waals surface area contributed by atoms with Crippen LogP contribution in [-0.2, 0) is 6.42 Å². The number of carbonyl (C=O) groups excluding carboxylic acids is 1. The minimum Gasteiger partial charge on any atom is -0.456 e. The van der Waals surface area contributed by atoms with E-state index in [-0.39, 0.29) is 12.5 Å². The number of carbonyl (C=O) groups is 1. The van der Waals surface area contributed by atoms with Crippen LogP contribution in [0.5, 0.6) is 0 Å². The van der Waals surface area contributed by atoms with Crippen molar-refractivity contribution in [2.75, 3.05) is 13.1 Å². The molecule has 0 radical (unpaired) electrons. The minimum absolute atomic E-state index is 0.171. The topological polar surface area (TPSA) is 59.5 Å². The zero-order valence-electron chi connectivity index (χ0n) is 9.53. The second-order valence-corrected chi connectivity index (χ2v) is 3.93. The Hall–Kier alpha value is -1.36. The maximum Gasteiger partial charge on any atom is 0.289 e. The Balaban J connectivity index is 2.78. The second-order valence-electron chi connectivity index (χ2n) is 3.41. The fourth-order valence-corrected chi connectivity index (χ4v) is 1.51. The summed E-state index contributed by atoms with van der Waals surface area (Å²) in [6, 6.07) is 3.49. The molecular formula is C11H16N2O2S. The third-order valence-corrected chi connectivity index (χ3v) is 2.37. The molecule has 2 N–H and O–H groups in total. The summed E-state index contributed by atoms with van der Waals surface area (Å²) in [5.41, 5.74) is 5.42. The van der Waals surface area contributed by atoms with Crippen molar-refractivity contribution in [3.8, 4) is 0 Å². The number of hydrogen-bond acceptors (Lipinski definition) is 3. The minimum atomic E-state index is -0.171. The highest BCUT2D eigenvalue weighted by Crippen LogP contribution is 2.11. The fraction of sp³-hybridized carbons (Fsp3) is 0.455. The van der Waals surface area contributed by atoms with Gasteiger partial charge < -0.3 is 15.1 Å². The Bertz CT molecular complexity index is 387.